The van der Waals surface area contributed by atoms with E-state index in [4.69, 9.17) is 4.84 Å². The summed E-state index contributed by atoms with van der Waals surface area (Å²) in [4.78, 5) is 19.3. The van der Waals surface area contributed by atoms with Gasteiger partial charge in [-0.1, -0.05) is 53.7 Å². The second-order valence-electron chi connectivity index (χ2n) is 4.88. The van der Waals surface area contributed by atoms with E-state index in [1.54, 1.807) is 18.2 Å². The minimum absolute atomic E-state index is 0.143. The van der Waals surface area contributed by atoms with E-state index in [2.05, 4.69) is 20.4 Å². The molecule has 0 bridgehead atoms. The number of nitrogens with zero attached hydrogens (tertiary/aromatic N) is 3. The summed E-state index contributed by atoms with van der Waals surface area (Å²) in [6.45, 7) is -0.337. The molecule has 3 rings (SSSR count). The van der Waals surface area contributed by atoms with Gasteiger partial charge < -0.3 is 14.9 Å². The highest BCUT2D eigenvalue weighted by Gasteiger charge is 2.10. The topological polar surface area (TPSA) is 99.4 Å². The quantitative estimate of drug-likeness (QED) is 0.427. The lowest BCUT2D eigenvalue weighted by molar-refractivity contribution is -0.122. The molecule has 2 aromatic carbocycles. The highest BCUT2D eigenvalue weighted by atomic mass is 16.6. The van der Waals surface area contributed by atoms with Crippen molar-refractivity contribution in [2.24, 2.45) is 15.4 Å². The second kappa shape index (κ2) is 7.19. The van der Waals surface area contributed by atoms with E-state index in [0.29, 0.717) is 10.9 Å². The van der Waals surface area contributed by atoms with Crippen molar-refractivity contribution in [1.82, 2.24) is 4.98 Å². The van der Waals surface area contributed by atoms with E-state index in [0.717, 1.165) is 5.56 Å². The van der Waals surface area contributed by atoms with Crippen LogP contribution in [-0.2, 0) is 9.63 Å². The normalized spacial score (nSPS) is 11.5. The van der Waals surface area contributed by atoms with E-state index in [-0.39, 0.29) is 18.2 Å². The fourth-order valence-electron chi connectivity index (χ4n) is 2.08. The molecular formula is C17H14N4O3. The number of aromatic amines is 1. The van der Waals surface area contributed by atoms with Crippen LogP contribution in [-0.4, -0.2) is 28.8 Å². The summed E-state index contributed by atoms with van der Waals surface area (Å²) in [5.74, 6) is -0.749. The Labute approximate surface area is 137 Å². The van der Waals surface area contributed by atoms with Crippen molar-refractivity contribution in [3.8, 4) is 5.88 Å². The Hall–Kier alpha value is -3.48. The van der Waals surface area contributed by atoms with Crippen LogP contribution in [0.15, 0.2) is 70.0 Å². The molecule has 0 saturated carbocycles. The molecule has 1 aromatic heterocycles. The highest BCUT2D eigenvalue weighted by Crippen LogP contribution is 2.35. The monoisotopic (exact) mass is 322 g/mol. The number of carbonyl (C=O) groups is 1. The number of rotatable bonds is 5. The molecule has 7 heteroatoms. The maximum atomic E-state index is 11.6. The molecule has 0 atom stereocenters. The number of nitrogens with one attached hydrogen (secondary N) is 1. The third kappa shape index (κ3) is 3.64. The number of oxime groups is 1. The number of carbonyl (C=O) groups excluding carboxylic acids is 1. The zero-order valence-corrected chi connectivity index (χ0v) is 12.6. The molecule has 1 amide bonds. The number of hydrogen-bond donors (Lipinski definition) is 2. The Morgan fingerprint density at radius 1 is 1.12 bits per heavy atom. The fourth-order valence-corrected chi connectivity index (χ4v) is 2.08. The summed E-state index contributed by atoms with van der Waals surface area (Å²) in [6, 6.07) is 16.5. The molecule has 1 heterocycles. The Bertz CT molecular complexity index is 901. The van der Waals surface area contributed by atoms with Gasteiger partial charge in [-0.05, 0) is 11.6 Å². The molecule has 120 valence electrons. The summed E-state index contributed by atoms with van der Waals surface area (Å²) >= 11 is 0. The van der Waals surface area contributed by atoms with Gasteiger partial charge in [0.25, 0.3) is 0 Å². The maximum Gasteiger partial charge on any atom is 0.304 e. The third-order valence-corrected chi connectivity index (χ3v) is 3.19. The minimum Gasteiger partial charge on any atom is -0.493 e. The Morgan fingerprint density at radius 3 is 2.71 bits per heavy atom. The standard InChI is InChI=1S/C17H14N4O3/c22-15(11-24-18-10-12-6-2-1-3-7-12)20-21-16-13-8-4-5-9-14(13)19-17(16)23/h1-10,19,23H,11H2. The molecule has 0 unspecified atom stereocenters. The van der Waals surface area contributed by atoms with Crippen molar-refractivity contribution in [3.05, 3.63) is 60.2 Å². The number of para-hydroxylation sites is 1. The second-order valence-corrected chi connectivity index (χ2v) is 4.88. The predicted molar refractivity (Wildman–Crippen MR) is 89.5 cm³/mol. The van der Waals surface area contributed by atoms with Crippen LogP contribution in [0.5, 0.6) is 5.88 Å². The number of H-pyrrole nitrogens is 1. The van der Waals surface area contributed by atoms with Crippen LogP contribution >= 0.6 is 0 Å². The van der Waals surface area contributed by atoms with Crippen LogP contribution in [0.4, 0.5) is 5.69 Å². The molecule has 24 heavy (non-hydrogen) atoms. The smallest absolute Gasteiger partial charge is 0.304 e. The van der Waals surface area contributed by atoms with Crippen LogP contribution in [0.1, 0.15) is 5.56 Å². The van der Waals surface area contributed by atoms with Crippen molar-refractivity contribution >= 4 is 28.7 Å². The van der Waals surface area contributed by atoms with E-state index in [1.807, 2.05) is 36.4 Å². The number of aromatic nitrogens is 1. The summed E-state index contributed by atoms with van der Waals surface area (Å²) in [7, 11) is 0. The van der Waals surface area contributed by atoms with Gasteiger partial charge in [0.1, 0.15) is 0 Å². The van der Waals surface area contributed by atoms with E-state index in [1.165, 1.54) is 6.21 Å². The van der Waals surface area contributed by atoms with Gasteiger partial charge in [0, 0.05) is 5.39 Å². The molecule has 7 nitrogen and oxygen atoms in total. The highest BCUT2D eigenvalue weighted by molar-refractivity contribution is 5.94. The SMILES string of the molecule is O=C(CON=Cc1ccccc1)N=Nc1c(O)[nH]c2ccccc12. The van der Waals surface area contributed by atoms with Crippen molar-refractivity contribution in [3.63, 3.8) is 0 Å². The molecule has 0 aliphatic heterocycles. The molecule has 0 saturated heterocycles. The molecule has 0 spiro atoms. The largest absolute Gasteiger partial charge is 0.493 e. The average molecular weight is 322 g/mol. The number of amides is 1. The number of hydrogen-bond acceptors (Lipinski definition) is 5. The van der Waals surface area contributed by atoms with Crippen LogP contribution in [0.3, 0.4) is 0 Å². The molecule has 0 aliphatic carbocycles. The summed E-state index contributed by atoms with van der Waals surface area (Å²) < 4.78 is 0. The number of fused-ring (bicyclic) bond motifs is 1. The van der Waals surface area contributed by atoms with Gasteiger partial charge in [-0.25, -0.2) is 0 Å². The lowest BCUT2D eigenvalue weighted by Gasteiger charge is -1.94. The Kier molecular flexibility index (Phi) is 4.62. The lowest BCUT2D eigenvalue weighted by atomic mass is 10.2. The summed E-state index contributed by atoms with van der Waals surface area (Å²) in [5, 5.41) is 21.5. The van der Waals surface area contributed by atoms with Gasteiger partial charge in [-0.3, -0.25) is 4.79 Å². The predicted octanol–water partition coefficient (Wildman–Crippen LogP) is 3.53. The van der Waals surface area contributed by atoms with Crippen molar-refractivity contribution in [2.75, 3.05) is 6.61 Å². The van der Waals surface area contributed by atoms with Crippen LogP contribution < -0.4 is 0 Å². The number of benzene rings is 2. The zero-order chi connectivity index (χ0) is 16.8. The number of azo groups is 1. The van der Waals surface area contributed by atoms with Crippen molar-refractivity contribution < 1.29 is 14.7 Å². The third-order valence-electron chi connectivity index (χ3n) is 3.19. The molecule has 2 N–H and O–H groups in total. The van der Waals surface area contributed by atoms with Gasteiger partial charge in [-0.2, -0.15) is 0 Å². The first-order chi connectivity index (χ1) is 11.7. The first-order valence-corrected chi connectivity index (χ1v) is 7.18. The first kappa shape index (κ1) is 15.4. The molecule has 0 radical (unpaired) electrons. The van der Waals surface area contributed by atoms with Crippen molar-refractivity contribution in [2.45, 2.75) is 0 Å². The van der Waals surface area contributed by atoms with Gasteiger partial charge in [0.2, 0.25) is 5.88 Å². The van der Waals surface area contributed by atoms with Gasteiger partial charge in [0.15, 0.2) is 12.3 Å². The van der Waals surface area contributed by atoms with E-state index in [9.17, 15) is 9.90 Å². The number of aromatic hydroxyl groups is 1. The minimum atomic E-state index is -0.607. The molecule has 3 aromatic rings. The zero-order valence-electron chi connectivity index (χ0n) is 12.6. The Balaban J connectivity index is 1.59. The van der Waals surface area contributed by atoms with Crippen LogP contribution in [0.2, 0.25) is 0 Å². The van der Waals surface area contributed by atoms with Gasteiger partial charge >= 0.3 is 5.91 Å². The lowest BCUT2D eigenvalue weighted by Crippen LogP contribution is -2.01. The van der Waals surface area contributed by atoms with Gasteiger partial charge in [0.05, 0.1) is 11.7 Å². The van der Waals surface area contributed by atoms with Gasteiger partial charge in [-0.15, -0.1) is 10.2 Å². The van der Waals surface area contributed by atoms with Crippen molar-refractivity contribution in [1.29, 1.82) is 0 Å². The summed E-state index contributed by atoms with van der Waals surface area (Å²) in [5.41, 5.74) is 1.78. The van der Waals surface area contributed by atoms with Crippen LogP contribution in [0, 0.1) is 0 Å². The molecular weight excluding hydrogens is 308 g/mol. The first-order valence-electron chi connectivity index (χ1n) is 7.18. The average Bonchev–Trinajstić information content (AvgIpc) is 2.93. The Morgan fingerprint density at radius 2 is 1.88 bits per heavy atom. The van der Waals surface area contributed by atoms with E-state index < -0.39 is 5.91 Å². The fraction of sp³-hybridized carbons (Fsp3) is 0.0588. The molecule has 0 fully saturated rings. The molecule has 0 aliphatic rings. The van der Waals surface area contributed by atoms with Crippen LogP contribution in [0.25, 0.3) is 10.9 Å². The van der Waals surface area contributed by atoms with E-state index >= 15 is 0 Å². The maximum absolute atomic E-state index is 11.6. The summed E-state index contributed by atoms with van der Waals surface area (Å²) in [6.07, 6.45) is 1.50.